The van der Waals surface area contributed by atoms with E-state index in [0.29, 0.717) is 10.9 Å². The molecule has 0 heterocycles. The number of hydrogen-bond donors (Lipinski definition) is 0. The fourth-order valence-corrected chi connectivity index (χ4v) is 3.65. The quantitative estimate of drug-likeness (QED) is 0.793. The highest BCUT2D eigenvalue weighted by Gasteiger charge is 2.35. The minimum Gasteiger partial charge on any atom is -0.234 e. The van der Waals surface area contributed by atoms with Crippen LogP contribution in [0.15, 0.2) is 42.5 Å². The van der Waals surface area contributed by atoms with E-state index < -0.39 is 7.80 Å². The summed E-state index contributed by atoms with van der Waals surface area (Å²) in [6.45, 7) is 5.80. The average Bonchev–Trinajstić information content (AvgIpc) is 2.37. The van der Waals surface area contributed by atoms with Crippen molar-refractivity contribution in [3.05, 3.63) is 64.7 Å². The van der Waals surface area contributed by atoms with E-state index >= 15 is 0 Å². The molecule has 0 aliphatic heterocycles. The molecule has 0 N–H and O–H groups in total. The molecule has 0 aliphatic rings. The normalized spacial score (nSPS) is 11.2. The highest BCUT2D eigenvalue weighted by atomic mass is 31.1. The summed E-state index contributed by atoms with van der Waals surface area (Å²) in [4.78, 5) is 12.3. The van der Waals surface area contributed by atoms with Crippen molar-refractivity contribution in [2.45, 2.75) is 20.8 Å². The molecule has 0 aliphatic carbocycles. The Balaban J connectivity index is 2.44. The van der Waals surface area contributed by atoms with E-state index in [1.54, 1.807) is 24.3 Å². The zero-order valence-electron chi connectivity index (χ0n) is 11.3. The molecule has 1 atom stereocenters. The molecule has 2 nitrogen and oxygen atoms in total. The van der Waals surface area contributed by atoms with Gasteiger partial charge in [-0.2, -0.15) is 0 Å². The molecule has 1 unspecified atom stereocenters. The van der Waals surface area contributed by atoms with Crippen LogP contribution in [0.1, 0.15) is 27.0 Å². The van der Waals surface area contributed by atoms with E-state index in [1.165, 1.54) is 0 Å². The maximum absolute atomic E-state index is 12.5. The Morgan fingerprint density at radius 3 is 2.00 bits per heavy atom. The van der Waals surface area contributed by atoms with Gasteiger partial charge in [0.05, 0.1) is 5.56 Å². The van der Waals surface area contributed by atoms with Gasteiger partial charge in [0.15, 0.2) is 0 Å². The van der Waals surface area contributed by atoms with Crippen LogP contribution in [0.2, 0.25) is 0 Å². The maximum Gasteiger partial charge on any atom is 0.459 e. The summed E-state index contributed by atoms with van der Waals surface area (Å²) in [6.07, 6.45) is 0. The molecular formula is C16H16O2P+. The Morgan fingerprint density at radius 2 is 1.47 bits per heavy atom. The lowest BCUT2D eigenvalue weighted by molar-refractivity contribution is 0.108. The van der Waals surface area contributed by atoms with E-state index in [-0.39, 0.29) is 5.52 Å². The first-order valence-electron chi connectivity index (χ1n) is 6.15. The van der Waals surface area contributed by atoms with E-state index in [0.717, 1.165) is 16.7 Å². The monoisotopic (exact) mass is 271 g/mol. The van der Waals surface area contributed by atoms with Gasteiger partial charge in [0.2, 0.25) is 5.30 Å². The third-order valence-corrected chi connectivity index (χ3v) is 4.78. The van der Waals surface area contributed by atoms with Crippen LogP contribution in [0.4, 0.5) is 0 Å². The molecular weight excluding hydrogens is 255 g/mol. The minimum atomic E-state index is -2.06. The van der Waals surface area contributed by atoms with Gasteiger partial charge in [-0.3, -0.25) is 0 Å². The SMILES string of the molecule is Cc1cc(C)c([P+](=O)C(=O)c2ccccc2)c(C)c1. The molecule has 2 rings (SSSR count). The summed E-state index contributed by atoms with van der Waals surface area (Å²) in [6, 6.07) is 12.7. The molecule has 0 spiro atoms. The van der Waals surface area contributed by atoms with Crippen LogP contribution in [0.5, 0.6) is 0 Å². The molecule has 0 saturated heterocycles. The molecule has 2 aromatic rings. The number of carbonyl (C=O) groups excluding carboxylic acids is 1. The van der Waals surface area contributed by atoms with Gasteiger partial charge in [0, 0.05) is 11.1 Å². The Bertz CT molecular complexity index is 622. The highest BCUT2D eigenvalue weighted by Crippen LogP contribution is 2.29. The fourth-order valence-electron chi connectivity index (χ4n) is 2.29. The first-order valence-corrected chi connectivity index (χ1v) is 7.41. The van der Waals surface area contributed by atoms with Crippen LogP contribution in [0.25, 0.3) is 0 Å². The van der Waals surface area contributed by atoms with Crippen LogP contribution >= 0.6 is 7.80 Å². The summed E-state index contributed by atoms with van der Waals surface area (Å²) in [5.74, 6) is 0. The maximum atomic E-state index is 12.5. The molecule has 0 fully saturated rings. The van der Waals surface area contributed by atoms with Crippen molar-refractivity contribution in [1.82, 2.24) is 0 Å². The smallest absolute Gasteiger partial charge is 0.234 e. The third kappa shape index (κ3) is 2.80. The van der Waals surface area contributed by atoms with Crippen LogP contribution in [-0.2, 0) is 4.57 Å². The molecule has 2 aromatic carbocycles. The van der Waals surface area contributed by atoms with Gasteiger partial charge in [-0.05, 0) is 32.9 Å². The lowest BCUT2D eigenvalue weighted by Crippen LogP contribution is -2.11. The predicted octanol–water partition coefficient (Wildman–Crippen LogP) is 3.90. The Labute approximate surface area is 114 Å². The summed E-state index contributed by atoms with van der Waals surface area (Å²) in [7, 11) is -2.06. The molecule has 0 saturated carbocycles. The van der Waals surface area contributed by atoms with Crippen molar-refractivity contribution in [1.29, 1.82) is 0 Å². The van der Waals surface area contributed by atoms with Crippen LogP contribution in [0.3, 0.4) is 0 Å². The second kappa shape index (κ2) is 5.46. The number of aryl methyl sites for hydroxylation is 3. The molecule has 3 heteroatoms. The van der Waals surface area contributed by atoms with E-state index in [2.05, 4.69) is 0 Å². The van der Waals surface area contributed by atoms with Gasteiger partial charge in [-0.25, -0.2) is 4.79 Å². The first-order chi connectivity index (χ1) is 9.00. The van der Waals surface area contributed by atoms with Crippen molar-refractivity contribution >= 4 is 18.6 Å². The lowest BCUT2D eigenvalue weighted by atomic mass is 10.1. The van der Waals surface area contributed by atoms with Crippen molar-refractivity contribution < 1.29 is 9.36 Å². The number of carbonyl (C=O) groups is 1. The molecule has 0 amide bonds. The molecule has 0 bridgehead atoms. The van der Waals surface area contributed by atoms with E-state index in [9.17, 15) is 9.36 Å². The van der Waals surface area contributed by atoms with Gasteiger partial charge in [-0.1, -0.05) is 40.5 Å². The summed E-state index contributed by atoms with van der Waals surface area (Å²) >= 11 is 0. The molecule has 0 radical (unpaired) electrons. The van der Waals surface area contributed by atoms with E-state index in [1.807, 2.05) is 39.0 Å². The van der Waals surface area contributed by atoms with Crippen molar-refractivity contribution in [2.24, 2.45) is 0 Å². The topological polar surface area (TPSA) is 34.1 Å². The van der Waals surface area contributed by atoms with Gasteiger partial charge < -0.3 is 0 Å². The Hall–Kier alpha value is -1.79. The van der Waals surface area contributed by atoms with Crippen LogP contribution < -0.4 is 5.30 Å². The average molecular weight is 271 g/mol. The largest absolute Gasteiger partial charge is 0.459 e. The standard InChI is InChI=1S/C16H16O2P/c1-11-9-12(2)15(13(3)10-11)19(18)16(17)14-7-5-4-6-8-14/h4-10H,1-3H3/q+1. The second-order valence-corrected chi connectivity index (χ2v) is 6.16. The third-order valence-electron chi connectivity index (χ3n) is 3.04. The summed E-state index contributed by atoms with van der Waals surface area (Å²) < 4.78 is 12.5. The van der Waals surface area contributed by atoms with Crippen molar-refractivity contribution in [2.75, 3.05) is 0 Å². The fraction of sp³-hybridized carbons (Fsp3) is 0.188. The number of rotatable bonds is 3. The number of hydrogen-bond acceptors (Lipinski definition) is 2. The van der Waals surface area contributed by atoms with Crippen molar-refractivity contribution in [3.8, 4) is 0 Å². The highest BCUT2D eigenvalue weighted by molar-refractivity contribution is 7.71. The lowest BCUT2D eigenvalue weighted by Gasteiger charge is -2.01. The number of benzene rings is 2. The summed E-state index contributed by atoms with van der Waals surface area (Å²) in [5, 5.41) is 0.675. The van der Waals surface area contributed by atoms with Gasteiger partial charge in [0.25, 0.3) is 0 Å². The zero-order valence-corrected chi connectivity index (χ0v) is 12.2. The molecule has 96 valence electrons. The van der Waals surface area contributed by atoms with Crippen LogP contribution in [0, 0.1) is 20.8 Å². The van der Waals surface area contributed by atoms with Crippen LogP contribution in [-0.4, -0.2) is 5.52 Å². The summed E-state index contributed by atoms with van der Waals surface area (Å²) in [5.41, 5.74) is 3.16. The predicted molar refractivity (Wildman–Crippen MR) is 78.7 cm³/mol. The Morgan fingerprint density at radius 1 is 0.947 bits per heavy atom. The molecule has 19 heavy (non-hydrogen) atoms. The first kappa shape index (κ1) is 13.6. The van der Waals surface area contributed by atoms with Gasteiger partial charge >= 0.3 is 13.3 Å². The van der Waals surface area contributed by atoms with E-state index in [4.69, 9.17) is 0 Å². The Kier molecular flexibility index (Phi) is 3.92. The van der Waals surface area contributed by atoms with Crippen molar-refractivity contribution in [3.63, 3.8) is 0 Å². The second-order valence-electron chi connectivity index (χ2n) is 4.71. The van der Waals surface area contributed by atoms with Gasteiger partial charge in [-0.15, -0.1) is 0 Å². The molecule has 0 aromatic heterocycles. The minimum absolute atomic E-state index is 0.300. The zero-order chi connectivity index (χ0) is 14.0. The van der Waals surface area contributed by atoms with Gasteiger partial charge in [0.1, 0.15) is 0 Å².